The largest absolute Gasteiger partial charge is 0.469 e. The summed E-state index contributed by atoms with van der Waals surface area (Å²) in [5, 5.41) is 1.67. The first-order valence-electron chi connectivity index (χ1n) is 7.83. The van der Waals surface area contributed by atoms with Crippen molar-refractivity contribution < 1.29 is 19.1 Å². The van der Waals surface area contributed by atoms with Crippen LogP contribution in [0.4, 0.5) is 0 Å². The number of esters is 2. The number of nitrogens with zero attached hydrogens (tertiary/aromatic N) is 1. The van der Waals surface area contributed by atoms with Crippen molar-refractivity contribution in [2.45, 2.75) is 32.8 Å². The first-order valence-corrected chi connectivity index (χ1v) is 7.83. The summed E-state index contributed by atoms with van der Waals surface area (Å²) < 4.78 is 9.99. The number of hydrazine groups is 1. The van der Waals surface area contributed by atoms with Gasteiger partial charge in [-0.05, 0) is 18.4 Å². The molecule has 0 spiro atoms. The molecule has 0 unspecified atom stereocenters. The predicted molar refractivity (Wildman–Crippen MR) is 87.0 cm³/mol. The van der Waals surface area contributed by atoms with Crippen molar-refractivity contribution in [1.82, 2.24) is 5.01 Å². The Morgan fingerprint density at radius 2 is 1.96 bits per heavy atom. The van der Waals surface area contributed by atoms with Crippen molar-refractivity contribution in [1.29, 1.82) is 0 Å². The number of nitrogens with two attached hydrogens (primary N) is 1. The summed E-state index contributed by atoms with van der Waals surface area (Å²) in [6.45, 7) is 3.57. The minimum absolute atomic E-state index is 0.0286. The van der Waals surface area contributed by atoms with Gasteiger partial charge < -0.3 is 9.47 Å². The molecule has 0 amide bonds. The Bertz CT molecular complexity index is 479. The number of hydrogen-bond donors (Lipinski definition) is 1. The van der Waals surface area contributed by atoms with Gasteiger partial charge in [-0.2, -0.15) is 0 Å². The molecule has 1 aromatic rings. The lowest BCUT2D eigenvalue weighted by Crippen LogP contribution is -2.32. The van der Waals surface area contributed by atoms with Crippen LogP contribution in [0.3, 0.4) is 0 Å². The van der Waals surface area contributed by atoms with E-state index in [-0.39, 0.29) is 19.0 Å². The highest BCUT2D eigenvalue weighted by Crippen LogP contribution is 2.16. The van der Waals surface area contributed by atoms with Gasteiger partial charge in [0.2, 0.25) is 0 Å². The van der Waals surface area contributed by atoms with Gasteiger partial charge in [-0.15, -0.1) is 0 Å². The maximum absolute atomic E-state index is 12.2. The maximum atomic E-state index is 12.2. The van der Waals surface area contributed by atoms with Crippen molar-refractivity contribution in [2.24, 2.45) is 11.8 Å². The topological polar surface area (TPSA) is 81.9 Å². The molecule has 0 saturated heterocycles. The first kappa shape index (κ1) is 19.1. The zero-order valence-electron chi connectivity index (χ0n) is 13.9. The minimum atomic E-state index is -0.503. The molecule has 1 atom stereocenters. The molecule has 0 aliphatic carbocycles. The Kier molecular flexibility index (Phi) is 8.94. The number of rotatable bonds is 10. The lowest BCUT2D eigenvalue weighted by atomic mass is 9.99. The van der Waals surface area contributed by atoms with Crippen molar-refractivity contribution >= 4 is 11.9 Å². The standard InChI is InChI=1S/C17H26N2O4/c1-3-19(18)11-7-10-15(12-16(20)22-2)17(21)23-13-14-8-5-4-6-9-14/h4-6,8-9,15H,3,7,10-13,18H2,1-2H3/t15-/m0/s1. The van der Waals surface area contributed by atoms with E-state index in [1.54, 1.807) is 5.01 Å². The second-order valence-corrected chi connectivity index (χ2v) is 5.34. The summed E-state index contributed by atoms with van der Waals surface area (Å²) in [5.41, 5.74) is 0.914. The van der Waals surface area contributed by atoms with Gasteiger partial charge in [0.25, 0.3) is 0 Å². The molecule has 0 aliphatic rings. The highest BCUT2D eigenvalue weighted by molar-refractivity contribution is 5.79. The molecule has 0 saturated carbocycles. The summed E-state index contributed by atoms with van der Waals surface area (Å²) >= 11 is 0. The number of carbonyl (C=O) groups excluding carboxylic acids is 2. The highest BCUT2D eigenvalue weighted by Gasteiger charge is 2.23. The normalized spacial score (nSPS) is 12.0. The molecular formula is C17H26N2O4. The molecule has 0 aliphatic heterocycles. The Hall–Kier alpha value is -1.92. The fourth-order valence-electron chi connectivity index (χ4n) is 2.13. The molecule has 0 aromatic heterocycles. The Morgan fingerprint density at radius 3 is 2.57 bits per heavy atom. The first-order chi connectivity index (χ1) is 11.1. The fraction of sp³-hybridized carbons (Fsp3) is 0.529. The van der Waals surface area contributed by atoms with Crippen LogP contribution in [0, 0.1) is 5.92 Å². The molecule has 6 nitrogen and oxygen atoms in total. The van der Waals surface area contributed by atoms with E-state index in [1.165, 1.54) is 7.11 Å². The van der Waals surface area contributed by atoms with Gasteiger partial charge >= 0.3 is 11.9 Å². The van der Waals surface area contributed by atoms with E-state index in [4.69, 9.17) is 10.6 Å². The van der Waals surface area contributed by atoms with Crippen molar-refractivity contribution in [2.75, 3.05) is 20.2 Å². The average Bonchev–Trinajstić information content (AvgIpc) is 2.59. The third kappa shape index (κ3) is 7.76. The van der Waals surface area contributed by atoms with Crippen LogP contribution in [0.2, 0.25) is 0 Å². The van der Waals surface area contributed by atoms with E-state index in [1.807, 2.05) is 37.3 Å². The van der Waals surface area contributed by atoms with Gasteiger partial charge in [0, 0.05) is 13.1 Å². The third-order valence-corrected chi connectivity index (χ3v) is 3.60. The molecule has 2 N–H and O–H groups in total. The zero-order valence-corrected chi connectivity index (χ0v) is 13.9. The molecule has 128 valence electrons. The highest BCUT2D eigenvalue weighted by atomic mass is 16.5. The van der Waals surface area contributed by atoms with E-state index >= 15 is 0 Å². The van der Waals surface area contributed by atoms with E-state index in [2.05, 4.69) is 4.74 Å². The van der Waals surface area contributed by atoms with Gasteiger partial charge in [0.15, 0.2) is 0 Å². The molecule has 0 bridgehead atoms. The van der Waals surface area contributed by atoms with Gasteiger partial charge in [0.1, 0.15) is 6.61 Å². The van der Waals surface area contributed by atoms with Gasteiger partial charge in [-0.1, -0.05) is 37.3 Å². The summed E-state index contributed by atoms with van der Waals surface area (Å²) in [6.07, 6.45) is 1.28. The van der Waals surface area contributed by atoms with Gasteiger partial charge in [-0.3, -0.25) is 15.4 Å². The second-order valence-electron chi connectivity index (χ2n) is 5.34. The summed E-state index contributed by atoms with van der Waals surface area (Å²) in [6, 6.07) is 9.44. The van der Waals surface area contributed by atoms with Crippen LogP contribution < -0.4 is 5.84 Å². The number of hydrogen-bond acceptors (Lipinski definition) is 6. The number of carbonyl (C=O) groups is 2. The molecule has 1 rings (SSSR count). The van der Waals surface area contributed by atoms with Crippen LogP contribution in [0.15, 0.2) is 30.3 Å². The number of benzene rings is 1. The van der Waals surface area contributed by atoms with Crippen LogP contribution in [0.5, 0.6) is 0 Å². The van der Waals surface area contributed by atoms with Crippen LogP contribution in [0.25, 0.3) is 0 Å². The smallest absolute Gasteiger partial charge is 0.309 e. The fourth-order valence-corrected chi connectivity index (χ4v) is 2.13. The summed E-state index contributed by atoms with van der Waals surface area (Å²) in [5.74, 6) is 4.43. The molecular weight excluding hydrogens is 296 g/mol. The second kappa shape index (κ2) is 10.7. The average molecular weight is 322 g/mol. The molecule has 1 aromatic carbocycles. The zero-order chi connectivity index (χ0) is 17.1. The van der Waals surface area contributed by atoms with E-state index < -0.39 is 11.9 Å². The Morgan fingerprint density at radius 1 is 1.26 bits per heavy atom. The summed E-state index contributed by atoms with van der Waals surface area (Å²) in [7, 11) is 1.31. The van der Waals surface area contributed by atoms with Crippen LogP contribution in [-0.2, 0) is 25.7 Å². The number of methoxy groups -OCH3 is 1. The number of ether oxygens (including phenoxy) is 2. The van der Waals surface area contributed by atoms with Gasteiger partial charge in [-0.25, -0.2) is 5.01 Å². The quantitative estimate of drug-likeness (QED) is 0.402. The van der Waals surface area contributed by atoms with E-state index in [9.17, 15) is 9.59 Å². The maximum Gasteiger partial charge on any atom is 0.309 e. The van der Waals surface area contributed by atoms with Crippen molar-refractivity contribution in [3.63, 3.8) is 0 Å². The molecule has 0 fully saturated rings. The van der Waals surface area contributed by atoms with Crippen molar-refractivity contribution in [3.05, 3.63) is 35.9 Å². The molecule has 23 heavy (non-hydrogen) atoms. The van der Waals surface area contributed by atoms with Crippen molar-refractivity contribution in [3.8, 4) is 0 Å². The van der Waals surface area contributed by atoms with E-state index in [0.29, 0.717) is 19.4 Å². The summed E-state index contributed by atoms with van der Waals surface area (Å²) in [4.78, 5) is 23.7. The van der Waals surface area contributed by atoms with Crippen LogP contribution >= 0.6 is 0 Å². The third-order valence-electron chi connectivity index (χ3n) is 3.60. The SMILES string of the molecule is CCN(N)CCC[C@@H](CC(=O)OC)C(=O)OCc1ccccc1. The molecule has 0 radical (unpaired) electrons. The Balaban J connectivity index is 2.51. The lowest BCUT2D eigenvalue weighted by molar-refractivity contribution is -0.155. The molecule has 6 heteroatoms. The minimum Gasteiger partial charge on any atom is -0.469 e. The molecule has 0 heterocycles. The lowest BCUT2D eigenvalue weighted by Gasteiger charge is -2.17. The van der Waals surface area contributed by atoms with Crippen LogP contribution in [0.1, 0.15) is 31.7 Å². The van der Waals surface area contributed by atoms with Crippen LogP contribution in [-0.4, -0.2) is 37.1 Å². The van der Waals surface area contributed by atoms with E-state index in [0.717, 1.165) is 12.1 Å². The predicted octanol–water partition coefficient (Wildman–Crippen LogP) is 1.88. The monoisotopic (exact) mass is 322 g/mol. The Labute approximate surface area is 137 Å². The van der Waals surface area contributed by atoms with Gasteiger partial charge in [0.05, 0.1) is 19.4 Å².